The molecule has 14 heavy (non-hydrogen) atoms. The van der Waals surface area contributed by atoms with Crippen LogP contribution in [-0.4, -0.2) is 23.5 Å². The molecule has 2 rings (SSSR count). The second-order valence-corrected chi connectivity index (χ2v) is 3.61. The van der Waals surface area contributed by atoms with E-state index in [-0.39, 0.29) is 5.69 Å². The fraction of sp³-hybridized carbons (Fsp3) is 0. The minimum Gasteiger partial charge on any atom is -0.306 e. The van der Waals surface area contributed by atoms with E-state index in [1.165, 1.54) is 0 Å². The predicted octanol–water partition coefficient (Wildman–Crippen LogP) is 1.70. The summed E-state index contributed by atoms with van der Waals surface area (Å²) in [5.41, 5.74) is 0.413. The van der Waals surface area contributed by atoms with Gasteiger partial charge < -0.3 is 4.79 Å². The van der Waals surface area contributed by atoms with Gasteiger partial charge in [-0.2, -0.15) is 0 Å². The van der Waals surface area contributed by atoms with Crippen LogP contribution in [0.15, 0.2) is 29.0 Å². The van der Waals surface area contributed by atoms with E-state index in [1.807, 2.05) is 0 Å². The van der Waals surface area contributed by atoms with Crippen molar-refractivity contribution in [2.45, 2.75) is 0 Å². The molecule has 0 aliphatic carbocycles. The number of pyridine rings is 2. The zero-order valence-electron chi connectivity index (χ0n) is 7.07. The number of carbonyl (C=O) groups is 1. The zero-order chi connectivity index (χ0) is 10.1. The fourth-order valence-electron chi connectivity index (χ4n) is 1.15. The number of aromatic nitrogens is 2. The monoisotopic (exact) mass is 246 g/mol. The van der Waals surface area contributed by atoms with E-state index in [0.717, 1.165) is 9.86 Å². The maximum atomic E-state index is 10.9. The quantitative estimate of drug-likeness (QED) is 0.720. The summed E-state index contributed by atoms with van der Waals surface area (Å²) in [6.07, 6.45) is 3.30. The molecule has 2 aromatic heterocycles. The van der Waals surface area contributed by atoms with Crippen LogP contribution < -0.4 is 0 Å². The lowest BCUT2D eigenvalue weighted by Gasteiger charge is -2.00. The Labute approximate surface area is 90.1 Å². The summed E-state index contributed by atoms with van der Waals surface area (Å²) >= 11 is 3.30. The smallest absolute Gasteiger partial charge is 0.177 e. The molecule has 2 radical (unpaired) electrons. The second-order valence-electron chi connectivity index (χ2n) is 2.75. The van der Waals surface area contributed by atoms with Crippen molar-refractivity contribution in [1.29, 1.82) is 0 Å². The Kier molecular flexibility index (Phi) is 2.33. The maximum absolute atomic E-state index is 10.9. The fourth-order valence-corrected chi connectivity index (χ4v) is 1.58. The summed E-state index contributed by atoms with van der Waals surface area (Å²) in [7, 11) is 5.12. The third kappa shape index (κ3) is 1.55. The van der Waals surface area contributed by atoms with Crippen LogP contribution in [0.1, 0.15) is 10.5 Å². The van der Waals surface area contributed by atoms with E-state index in [0.29, 0.717) is 5.52 Å². The molecule has 0 N–H and O–H groups in total. The molecule has 0 saturated carbocycles. The van der Waals surface area contributed by atoms with Gasteiger partial charge in [0, 0.05) is 17.8 Å². The lowest BCUT2D eigenvalue weighted by molar-refractivity contribution is 0.107. The van der Waals surface area contributed by atoms with Crippen molar-refractivity contribution in [2.75, 3.05) is 0 Å². The highest BCUT2D eigenvalue weighted by molar-refractivity contribution is 9.10. The Morgan fingerprint density at radius 3 is 2.86 bits per heavy atom. The largest absolute Gasteiger partial charge is 0.306 e. The zero-order valence-corrected chi connectivity index (χ0v) is 8.65. The maximum Gasteiger partial charge on any atom is 0.177 e. The van der Waals surface area contributed by atoms with Gasteiger partial charge in [-0.1, -0.05) is 0 Å². The Bertz CT molecular complexity index is 515. The topological polar surface area (TPSA) is 42.9 Å². The number of fused-ring (bicyclic) bond motifs is 1. The van der Waals surface area contributed by atoms with Crippen LogP contribution >= 0.6 is 15.9 Å². The lowest BCUT2D eigenvalue weighted by Crippen LogP contribution is -2.00. The minimum absolute atomic E-state index is 0.254. The van der Waals surface area contributed by atoms with E-state index in [9.17, 15) is 4.79 Å². The van der Waals surface area contributed by atoms with Gasteiger partial charge in [0.25, 0.3) is 0 Å². The number of nitrogens with zero attached hydrogens (tertiary/aromatic N) is 2. The van der Waals surface area contributed by atoms with Crippen LogP contribution in [0.25, 0.3) is 10.9 Å². The molecule has 0 aliphatic heterocycles. The summed E-state index contributed by atoms with van der Waals surface area (Å²) in [6, 6.07) is 3.35. The van der Waals surface area contributed by atoms with Gasteiger partial charge in [0.05, 0.1) is 15.7 Å². The number of carbonyl (C=O) groups excluding carboxylic acids is 1. The SMILES string of the molecule is [B]C(=O)c1ccc2cncc(Br)c2n1. The van der Waals surface area contributed by atoms with Gasteiger partial charge >= 0.3 is 0 Å². The minimum atomic E-state index is -0.532. The number of rotatable bonds is 1. The number of halogens is 1. The van der Waals surface area contributed by atoms with Crippen LogP contribution in [-0.2, 0) is 0 Å². The van der Waals surface area contributed by atoms with Crippen molar-refractivity contribution >= 4 is 40.4 Å². The molecule has 3 nitrogen and oxygen atoms in total. The predicted molar refractivity (Wildman–Crippen MR) is 57.3 cm³/mol. The van der Waals surface area contributed by atoms with E-state index in [4.69, 9.17) is 7.85 Å². The molecule has 0 fully saturated rings. The van der Waals surface area contributed by atoms with E-state index < -0.39 is 5.68 Å². The van der Waals surface area contributed by atoms with Gasteiger partial charge in [-0.05, 0) is 28.1 Å². The molecular formula is C9H4BBrN2O. The Balaban J connectivity index is 2.76. The lowest BCUT2D eigenvalue weighted by atomic mass is 9.99. The van der Waals surface area contributed by atoms with Gasteiger partial charge in [0.1, 0.15) is 5.68 Å². The first-order valence-corrected chi connectivity index (χ1v) is 4.68. The molecule has 0 unspecified atom stereocenters. The van der Waals surface area contributed by atoms with Crippen molar-refractivity contribution in [3.63, 3.8) is 0 Å². The average molecular weight is 247 g/mol. The van der Waals surface area contributed by atoms with Gasteiger partial charge in [0.2, 0.25) is 0 Å². The van der Waals surface area contributed by atoms with E-state index in [1.54, 1.807) is 24.5 Å². The van der Waals surface area contributed by atoms with Crippen molar-refractivity contribution in [1.82, 2.24) is 9.97 Å². The molecular weight excluding hydrogens is 243 g/mol. The molecule has 0 amide bonds. The van der Waals surface area contributed by atoms with Gasteiger partial charge in [-0.15, -0.1) is 0 Å². The van der Waals surface area contributed by atoms with Crippen molar-refractivity contribution < 1.29 is 4.79 Å². The van der Waals surface area contributed by atoms with Crippen molar-refractivity contribution in [3.05, 3.63) is 34.7 Å². The van der Waals surface area contributed by atoms with Crippen LogP contribution in [0.5, 0.6) is 0 Å². The molecule has 0 spiro atoms. The molecule has 2 heterocycles. The van der Waals surface area contributed by atoms with Gasteiger partial charge in [0.15, 0.2) is 7.85 Å². The van der Waals surface area contributed by atoms with E-state index >= 15 is 0 Å². The van der Waals surface area contributed by atoms with Crippen LogP contribution in [0.3, 0.4) is 0 Å². The van der Waals surface area contributed by atoms with Crippen molar-refractivity contribution in [3.8, 4) is 0 Å². The molecule has 66 valence electrons. The highest BCUT2D eigenvalue weighted by atomic mass is 79.9. The first-order valence-electron chi connectivity index (χ1n) is 3.88. The number of hydrogen-bond donors (Lipinski definition) is 0. The normalized spacial score (nSPS) is 10.4. The molecule has 0 saturated heterocycles. The van der Waals surface area contributed by atoms with Crippen LogP contribution in [0, 0.1) is 0 Å². The summed E-state index contributed by atoms with van der Waals surface area (Å²) in [5, 5.41) is 0.865. The molecule has 2 aromatic rings. The van der Waals surface area contributed by atoms with Crippen LogP contribution in [0.4, 0.5) is 0 Å². The molecule has 0 bridgehead atoms. The third-order valence-corrected chi connectivity index (χ3v) is 2.39. The summed E-state index contributed by atoms with van der Waals surface area (Å²) in [6.45, 7) is 0. The molecule has 5 heteroatoms. The van der Waals surface area contributed by atoms with Gasteiger partial charge in [-0.3, -0.25) is 4.98 Å². The highest BCUT2D eigenvalue weighted by Crippen LogP contribution is 2.20. The Morgan fingerprint density at radius 2 is 2.14 bits per heavy atom. The third-order valence-electron chi connectivity index (χ3n) is 1.81. The van der Waals surface area contributed by atoms with Crippen molar-refractivity contribution in [2.24, 2.45) is 0 Å². The highest BCUT2D eigenvalue weighted by Gasteiger charge is 2.04. The average Bonchev–Trinajstić information content (AvgIpc) is 2.18. The summed E-state index contributed by atoms with van der Waals surface area (Å²) < 4.78 is 0.748. The first kappa shape index (κ1) is 9.33. The van der Waals surface area contributed by atoms with E-state index in [2.05, 4.69) is 25.9 Å². The molecule has 0 atom stereocenters. The summed E-state index contributed by atoms with van der Waals surface area (Å²) in [5.74, 6) is 0. The second kappa shape index (κ2) is 3.50. The standard InChI is InChI=1S/C9H4BBrN2O/c10-9(14)7-2-1-5-3-12-4-6(11)8(5)13-7/h1-4H. The summed E-state index contributed by atoms with van der Waals surface area (Å²) in [4.78, 5) is 19.0. The molecule has 0 aliphatic rings. The molecule has 0 aromatic carbocycles. The Hall–Kier alpha value is -1.23. The Morgan fingerprint density at radius 1 is 1.36 bits per heavy atom. The van der Waals surface area contributed by atoms with Crippen LogP contribution in [0.2, 0.25) is 0 Å². The van der Waals surface area contributed by atoms with Gasteiger partial charge in [-0.25, -0.2) is 4.98 Å². The number of hydrogen-bond acceptors (Lipinski definition) is 3. The first-order chi connectivity index (χ1) is 6.68.